The summed E-state index contributed by atoms with van der Waals surface area (Å²) in [4.78, 5) is 9.00. The lowest BCUT2D eigenvalue weighted by molar-refractivity contribution is -0.134. The monoisotopic (exact) mass is 186 g/mol. The molecule has 0 rings (SSSR count). The summed E-state index contributed by atoms with van der Waals surface area (Å²) >= 11 is 0. The number of hydrogen-bond donors (Lipinski definition) is 3. The van der Waals surface area contributed by atoms with E-state index in [0.717, 1.165) is 6.92 Å². The third-order valence-electron chi connectivity index (χ3n) is 0.349. The Morgan fingerprint density at radius 2 is 1.73 bits per heavy atom. The largest absolute Gasteiger partial charge is 0.481 e. The number of carboxylic acids is 1. The predicted octanol–water partition coefficient (Wildman–Crippen LogP) is -1.04. The van der Waals surface area contributed by atoms with E-state index < -0.39 is 28.4 Å². The molecule has 0 saturated heterocycles. The van der Waals surface area contributed by atoms with Crippen LogP contribution in [0.25, 0.3) is 0 Å². The zero-order valence-electron chi connectivity index (χ0n) is 5.89. The van der Waals surface area contributed by atoms with E-state index >= 15 is 0 Å². The fourth-order valence-electron chi connectivity index (χ4n) is 0.115. The van der Waals surface area contributed by atoms with Gasteiger partial charge in [0.25, 0.3) is 16.1 Å². The van der Waals surface area contributed by atoms with Crippen molar-refractivity contribution in [1.82, 2.24) is 0 Å². The van der Waals surface area contributed by atoms with Crippen LogP contribution in [0.1, 0.15) is 6.92 Å². The van der Waals surface area contributed by atoms with Gasteiger partial charge in [0, 0.05) is 6.92 Å². The fraction of sp³-hybridized carbons (Fsp3) is 0.750. The molecule has 0 spiro atoms. The van der Waals surface area contributed by atoms with Crippen LogP contribution < -0.4 is 0 Å². The molecule has 68 valence electrons. The van der Waals surface area contributed by atoms with Gasteiger partial charge in [-0.2, -0.15) is 8.42 Å². The molecule has 0 heterocycles. The second-order valence-electron chi connectivity index (χ2n) is 1.53. The lowest BCUT2D eigenvalue weighted by Gasteiger charge is -1.85. The number of aliphatic carboxylic acids is 1. The van der Waals surface area contributed by atoms with Crippen molar-refractivity contribution in [2.75, 3.05) is 12.4 Å². The minimum Gasteiger partial charge on any atom is -0.481 e. The number of rotatable bonds is 2. The van der Waals surface area contributed by atoms with Crippen molar-refractivity contribution in [3.8, 4) is 0 Å². The second kappa shape index (κ2) is 6.08. The molecule has 0 atom stereocenters. The third-order valence-corrected chi connectivity index (χ3v) is 1.05. The average Bonchev–Trinajstić information content (AvgIpc) is 1.58. The SMILES string of the molecule is CC(=O)O.O=S(=O)(O)CCO. The van der Waals surface area contributed by atoms with Crippen molar-refractivity contribution in [1.29, 1.82) is 0 Å². The summed E-state index contributed by atoms with van der Waals surface area (Å²) in [6.45, 7) is 0.554. The zero-order valence-corrected chi connectivity index (χ0v) is 6.71. The molecule has 7 heteroatoms. The van der Waals surface area contributed by atoms with Crippen molar-refractivity contribution in [2.45, 2.75) is 6.92 Å². The first-order valence-corrected chi connectivity index (χ1v) is 4.16. The van der Waals surface area contributed by atoms with E-state index in [0.29, 0.717) is 0 Å². The van der Waals surface area contributed by atoms with Gasteiger partial charge in [-0.15, -0.1) is 0 Å². The molecule has 6 nitrogen and oxygen atoms in total. The summed E-state index contributed by atoms with van der Waals surface area (Å²) in [5, 5.41) is 15.3. The van der Waals surface area contributed by atoms with Crippen LogP contribution in [0, 0.1) is 0 Å². The maximum absolute atomic E-state index is 9.63. The van der Waals surface area contributed by atoms with E-state index in [1.807, 2.05) is 0 Å². The molecule has 0 bridgehead atoms. The van der Waals surface area contributed by atoms with Gasteiger partial charge >= 0.3 is 0 Å². The van der Waals surface area contributed by atoms with E-state index in [1.165, 1.54) is 0 Å². The molecular weight excluding hydrogens is 176 g/mol. The van der Waals surface area contributed by atoms with Crippen molar-refractivity contribution in [2.24, 2.45) is 0 Å². The van der Waals surface area contributed by atoms with Crippen molar-refractivity contribution in [3.63, 3.8) is 0 Å². The summed E-state index contributed by atoms with van der Waals surface area (Å²) in [6, 6.07) is 0. The van der Waals surface area contributed by atoms with E-state index in [9.17, 15) is 8.42 Å². The Labute approximate surface area is 64.2 Å². The van der Waals surface area contributed by atoms with Gasteiger partial charge in [-0.25, -0.2) is 0 Å². The Balaban J connectivity index is 0. The first-order valence-electron chi connectivity index (χ1n) is 2.55. The first kappa shape index (κ1) is 13.0. The summed E-state index contributed by atoms with van der Waals surface area (Å²) in [5.41, 5.74) is 0. The van der Waals surface area contributed by atoms with Gasteiger partial charge in [-0.1, -0.05) is 0 Å². The molecule has 0 aromatic carbocycles. The molecule has 0 amide bonds. The highest BCUT2D eigenvalue weighted by Crippen LogP contribution is 1.75. The van der Waals surface area contributed by atoms with Crippen molar-refractivity contribution < 1.29 is 28.0 Å². The van der Waals surface area contributed by atoms with Crippen LogP contribution in [0.3, 0.4) is 0 Å². The average molecular weight is 186 g/mol. The molecular formula is C4H10O6S. The third kappa shape index (κ3) is 45.1. The number of carbonyl (C=O) groups is 1. The fourth-order valence-corrected chi connectivity index (χ4v) is 0.346. The predicted molar refractivity (Wildman–Crippen MR) is 36.8 cm³/mol. The van der Waals surface area contributed by atoms with E-state index in [4.69, 9.17) is 19.6 Å². The molecule has 0 aliphatic heterocycles. The zero-order chi connectivity index (χ0) is 9.49. The van der Waals surface area contributed by atoms with Crippen LogP contribution in [0.2, 0.25) is 0 Å². The quantitative estimate of drug-likeness (QED) is 0.475. The topological polar surface area (TPSA) is 112 Å². The summed E-state index contributed by atoms with van der Waals surface area (Å²) in [7, 11) is -3.92. The highest BCUT2D eigenvalue weighted by atomic mass is 32.2. The Kier molecular flexibility index (Phi) is 7.16. The maximum atomic E-state index is 9.63. The summed E-state index contributed by atoms with van der Waals surface area (Å²) < 4.78 is 27.1. The highest BCUT2D eigenvalue weighted by molar-refractivity contribution is 7.85. The molecule has 0 radical (unpaired) electrons. The minimum atomic E-state index is -3.92. The van der Waals surface area contributed by atoms with Crippen molar-refractivity contribution >= 4 is 16.1 Å². The van der Waals surface area contributed by atoms with Gasteiger partial charge < -0.3 is 10.2 Å². The number of hydrogen-bond acceptors (Lipinski definition) is 4. The molecule has 0 aromatic heterocycles. The standard InChI is InChI=1S/C2H6O4S.C2H4O2/c3-1-2-7(4,5)6;1-2(3)4/h3H,1-2H2,(H,4,5,6);1H3,(H,3,4). The normalized spacial score (nSPS) is 9.73. The Bertz CT molecular complexity index is 189. The maximum Gasteiger partial charge on any atom is 0.300 e. The smallest absolute Gasteiger partial charge is 0.300 e. The van der Waals surface area contributed by atoms with E-state index in [2.05, 4.69) is 0 Å². The Hall–Kier alpha value is -0.660. The molecule has 0 aliphatic carbocycles. The van der Waals surface area contributed by atoms with Crippen molar-refractivity contribution in [3.05, 3.63) is 0 Å². The molecule has 0 aromatic rings. The lowest BCUT2D eigenvalue weighted by Crippen LogP contribution is -2.06. The summed E-state index contributed by atoms with van der Waals surface area (Å²) in [6.07, 6.45) is 0. The van der Waals surface area contributed by atoms with Gasteiger partial charge in [-0.05, 0) is 0 Å². The van der Waals surface area contributed by atoms with Gasteiger partial charge in [0.15, 0.2) is 0 Å². The van der Waals surface area contributed by atoms with Crippen LogP contribution in [-0.2, 0) is 14.9 Å². The highest BCUT2D eigenvalue weighted by Gasteiger charge is 1.99. The Morgan fingerprint density at radius 3 is 1.73 bits per heavy atom. The van der Waals surface area contributed by atoms with Crippen LogP contribution >= 0.6 is 0 Å². The summed E-state index contributed by atoms with van der Waals surface area (Å²) in [5.74, 6) is -1.41. The molecule has 3 N–H and O–H groups in total. The van der Waals surface area contributed by atoms with Crippen LogP contribution in [0.15, 0.2) is 0 Å². The number of aliphatic hydroxyl groups excluding tert-OH is 1. The molecule has 0 unspecified atom stereocenters. The molecule has 0 fully saturated rings. The van der Waals surface area contributed by atoms with Crippen LogP contribution in [0.5, 0.6) is 0 Å². The van der Waals surface area contributed by atoms with Gasteiger partial charge in [0.2, 0.25) is 0 Å². The van der Waals surface area contributed by atoms with Gasteiger partial charge in [-0.3, -0.25) is 9.35 Å². The first-order chi connectivity index (χ1) is 4.79. The van der Waals surface area contributed by atoms with Gasteiger partial charge in [0.05, 0.1) is 12.4 Å². The van der Waals surface area contributed by atoms with Crippen LogP contribution in [-0.4, -0.2) is 41.5 Å². The molecule has 0 aliphatic rings. The van der Waals surface area contributed by atoms with E-state index in [1.54, 1.807) is 0 Å². The number of aliphatic hydroxyl groups is 1. The minimum absolute atomic E-state index is 0.529. The second-order valence-corrected chi connectivity index (χ2v) is 3.10. The molecule has 0 saturated carbocycles. The van der Waals surface area contributed by atoms with Gasteiger partial charge in [0.1, 0.15) is 0 Å². The Morgan fingerprint density at radius 1 is 1.45 bits per heavy atom. The lowest BCUT2D eigenvalue weighted by atomic mass is 10.9. The number of carboxylic acid groups (broad SMARTS) is 1. The van der Waals surface area contributed by atoms with E-state index in [-0.39, 0.29) is 0 Å². The molecule has 11 heavy (non-hydrogen) atoms. The van der Waals surface area contributed by atoms with Crippen LogP contribution in [0.4, 0.5) is 0 Å².